The van der Waals surface area contributed by atoms with Gasteiger partial charge in [0.25, 0.3) is 0 Å². The summed E-state index contributed by atoms with van der Waals surface area (Å²) < 4.78 is 10.6. The van der Waals surface area contributed by atoms with E-state index in [1.54, 1.807) is 37.3 Å². The minimum absolute atomic E-state index is 0.0536. The number of ether oxygens (including phenoxy) is 2. The summed E-state index contributed by atoms with van der Waals surface area (Å²) in [7, 11) is 3.24. The molecule has 2 aromatic rings. The van der Waals surface area contributed by atoms with E-state index in [0.717, 1.165) is 16.3 Å². The van der Waals surface area contributed by atoms with E-state index in [1.165, 1.54) is 0 Å². The van der Waals surface area contributed by atoms with Gasteiger partial charge in [-0.1, -0.05) is 0 Å². The third-order valence-corrected chi connectivity index (χ3v) is 5.65. The lowest BCUT2D eigenvalue weighted by Gasteiger charge is -2.22. The molecule has 142 valence electrons. The molecule has 2 rings (SSSR count). The Labute approximate surface area is 163 Å². The highest BCUT2D eigenvalue weighted by Gasteiger charge is 2.20. The minimum Gasteiger partial charge on any atom is -0.493 e. The van der Waals surface area contributed by atoms with Gasteiger partial charge in [0, 0.05) is 22.2 Å². The van der Waals surface area contributed by atoms with Crippen LogP contribution in [0.5, 0.6) is 11.5 Å². The Morgan fingerprint density at radius 3 is 2.58 bits per heavy atom. The molecule has 1 aromatic heterocycles. The third-order valence-electron chi connectivity index (χ3n) is 3.53. The van der Waals surface area contributed by atoms with Gasteiger partial charge in [-0.2, -0.15) is 0 Å². The number of carbonyl (C=O) groups excluding carboxylic acids is 1. The molecule has 0 bridgehead atoms. The molecule has 0 aliphatic carbocycles. The van der Waals surface area contributed by atoms with Crippen molar-refractivity contribution in [1.29, 1.82) is 0 Å². The number of methoxy groups -OCH3 is 2. The van der Waals surface area contributed by atoms with Gasteiger partial charge in [-0.05, 0) is 45.9 Å². The van der Waals surface area contributed by atoms with Gasteiger partial charge in [-0.3, -0.25) is 4.79 Å². The first-order valence-electron chi connectivity index (χ1n) is 8.34. The lowest BCUT2D eigenvalue weighted by Crippen LogP contribution is -2.44. The quantitative estimate of drug-likeness (QED) is 0.756. The van der Waals surface area contributed by atoms with E-state index in [0.29, 0.717) is 17.3 Å². The molecular formula is C19H26N2O3S2. The maximum Gasteiger partial charge on any atom is 0.233 e. The first kappa shape index (κ1) is 20.6. The van der Waals surface area contributed by atoms with E-state index in [2.05, 4.69) is 10.3 Å². The predicted molar refractivity (Wildman–Crippen MR) is 109 cm³/mol. The van der Waals surface area contributed by atoms with Crippen LogP contribution in [0.15, 0.2) is 23.6 Å². The van der Waals surface area contributed by atoms with Crippen LogP contribution in [0.2, 0.25) is 0 Å². The smallest absolute Gasteiger partial charge is 0.233 e. The lowest BCUT2D eigenvalue weighted by atomic mass is 10.1. The summed E-state index contributed by atoms with van der Waals surface area (Å²) in [5, 5.41) is 5.84. The summed E-state index contributed by atoms with van der Waals surface area (Å²) in [4.78, 5) is 16.8. The number of carbonyl (C=O) groups is 1. The highest BCUT2D eigenvalue weighted by atomic mass is 32.2. The fourth-order valence-electron chi connectivity index (χ4n) is 2.23. The molecule has 0 radical (unpaired) electrons. The number of amides is 1. The monoisotopic (exact) mass is 394 g/mol. The summed E-state index contributed by atoms with van der Waals surface area (Å²) in [6.07, 6.45) is 0. The molecule has 5 nitrogen and oxygen atoms in total. The van der Waals surface area contributed by atoms with Crippen molar-refractivity contribution in [3.63, 3.8) is 0 Å². The molecule has 26 heavy (non-hydrogen) atoms. The standard InChI is InChI=1S/C19H26N2O3S2/c1-12(17(22)21-19(2,3)4)25-10-14-11-26-18(20-14)13-7-8-15(23-5)16(9-13)24-6/h7-9,11-12H,10H2,1-6H3,(H,21,22)/t12-/m1/s1. The molecule has 1 aromatic carbocycles. The molecule has 1 heterocycles. The Kier molecular flexibility index (Phi) is 6.94. The molecular weight excluding hydrogens is 368 g/mol. The summed E-state index contributed by atoms with van der Waals surface area (Å²) in [5.74, 6) is 2.13. The number of hydrogen-bond acceptors (Lipinski definition) is 6. The molecule has 0 aliphatic rings. The first-order valence-corrected chi connectivity index (χ1v) is 10.3. The van der Waals surface area contributed by atoms with Crippen LogP contribution in [0.1, 0.15) is 33.4 Å². The molecule has 0 spiro atoms. The number of benzene rings is 1. The molecule has 1 N–H and O–H groups in total. The molecule has 0 saturated carbocycles. The fraction of sp³-hybridized carbons (Fsp3) is 0.474. The van der Waals surface area contributed by atoms with Crippen LogP contribution in [-0.4, -0.2) is 35.9 Å². The SMILES string of the molecule is COc1ccc(-c2nc(CS[C@H](C)C(=O)NC(C)(C)C)cs2)cc1OC. The van der Waals surface area contributed by atoms with Crippen LogP contribution in [-0.2, 0) is 10.5 Å². The van der Waals surface area contributed by atoms with Gasteiger partial charge < -0.3 is 14.8 Å². The number of hydrogen-bond donors (Lipinski definition) is 1. The molecule has 1 amide bonds. The van der Waals surface area contributed by atoms with Crippen molar-refractivity contribution < 1.29 is 14.3 Å². The number of nitrogens with one attached hydrogen (secondary N) is 1. The van der Waals surface area contributed by atoms with Crippen LogP contribution < -0.4 is 14.8 Å². The van der Waals surface area contributed by atoms with Crippen LogP contribution in [0, 0.1) is 0 Å². The van der Waals surface area contributed by atoms with Crippen molar-refractivity contribution in [2.24, 2.45) is 0 Å². The first-order chi connectivity index (χ1) is 12.2. The van der Waals surface area contributed by atoms with Gasteiger partial charge in [0.1, 0.15) is 5.01 Å². The fourth-order valence-corrected chi connectivity index (χ4v) is 3.93. The van der Waals surface area contributed by atoms with Gasteiger partial charge in [-0.25, -0.2) is 4.98 Å². The van der Waals surface area contributed by atoms with Crippen LogP contribution >= 0.6 is 23.1 Å². The Morgan fingerprint density at radius 1 is 1.27 bits per heavy atom. The van der Waals surface area contributed by atoms with Gasteiger partial charge in [-0.15, -0.1) is 23.1 Å². The number of nitrogens with zero attached hydrogens (tertiary/aromatic N) is 1. The maximum atomic E-state index is 12.2. The van der Waals surface area contributed by atoms with Crippen LogP contribution in [0.4, 0.5) is 0 Å². The van der Waals surface area contributed by atoms with Gasteiger partial charge >= 0.3 is 0 Å². The van der Waals surface area contributed by atoms with Crippen molar-refractivity contribution in [3.8, 4) is 22.1 Å². The minimum atomic E-state index is -0.215. The Bertz CT molecular complexity index is 753. The maximum absolute atomic E-state index is 12.2. The van der Waals surface area contributed by atoms with Gasteiger partial charge in [0.05, 0.1) is 25.2 Å². The molecule has 1 atom stereocenters. The van der Waals surface area contributed by atoms with Crippen LogP contribution in [0.25, 0.3) is 10.6 Å². The second-order valence-corrected chi connectivity index (χ2v) is 9.09. The molecule has 0 unspecified atom stereocenters. The van der Waals surface area contributed by atoms with E-state index in [-0.39, 0.29) is 16.7 Å². The third kappa shape index (κ3) is 5.64. The van der Waals surface area contributed by atoms with Crippen molar-refractivity contribution >= 4 is 29.0 Å². The number of rotatable bonds is 7. The van der Waals surface area contributed by atoms with Gasteiger partial charge in [0.2, 0.25) is 5.91 Å². The number of thiazole rings is 1. The second kappa shape index (κ2) is 8.77. The predicted octanol–water partition coefficient (Wildman–Crippen LogP) is 4.36. The van der Waals surface area contributed by atoms with E-state index in [1.807, 2.05) is 51.3 Å². The average Bonchev–Trinajstić information content (AvgIpc) is 3.06. The number of thioether (sulfide) groups is 1. The number of aromatic nitrogens is 1. The van der Waals surface area contributed by atoms with E-state index < -0.39 is 0 Å². The van der Waals surface area contributed by atoms with E-state index in [9.17, 15) is 4.79 Å². The summed E-state index contributed by atoms with van der Waals surface area (Å²) in [6, 6.07) is 5.77. The Morgan fingerprint density at radius 2 is 1.96 bits per heavy atom. The molecule has 0 aliphatic heterocycles. The summed E-state index contributed by atoms with van der Waals surface area (Å²) in [5.41, 5.74) is 1.75. The largest absolute Gasteiger partial charge is 0.493 e. The topological polar surface area (TPSA) is 60.5 Å². The van der Waals surface area contributed by atoms with Crippen LogP contribution in [0.3, 0.4) is 0 Å². The van der Waals surface area contributed by atoms with Crippen molar-refractivity contribution in [3.05, 3.63) is 29.3 Å². The summed E-state index contributed by atoms with van der Waals surface area (Å²) >= 11 is 3.17. The zero-order valence-electron chi connectivity index (χ0n) is 16.1. The van der Waals surface area contributed by atoms with Crippen molar-refractivity contribution in [1.82, 2.24) is 10.3 Å². The second-order valence-electron chi connectivity index (χ2n) is 6.91. The molecule has 7 heteroatoms. The van der Waals surface area contributed by atoms with Gasteiger partial charge in [0.15, 0.2) is 11.5 Å². The van der Waals surface area contributed by atoms with Crippen molar-refractivity contribution in [2.45, 2.75) is 44.2 Å². The van der Waals surface area contributed by atoms with E-state index in [4.69, 9.17) is 9.47 Å². The Balaban J connectivity index is 2.01. The average molecular weight is 395 g/mol. The van der Waals surface area contributed by atoms with Crippen molar-refractivity contribution in [2.75, 3.05) is 14.2 Å². The normalized spacial score (nSPS) is 12.5. The Hall–Kier alpha value is -1.73. The molecule has 0 saturated heterocycles. The summed E-state index contributed by atoms with van der Waals surface area (Å²) in [6.45, 7) is 7.88. The highest BCUT2D eigenvalue weighted by Crippen LogP contribution is 2.34. The highest BCUT2D eigenvalue weighted by molar-refractivity contribution is 7.99. The van der Waals surface area contributed by atoms with E-state index >= 15 is 0 Å². The lowest BCUT2D eigenvalue weighted by molar-refractivity contribution is -0.121. The zero-order valence-corrected chi connectivity index (χ0v) is 17.7. The molecule has 0 fully saturated rings. The zero-order chi connectivity index (χ0) is 19.3.